The largest absolute Gasteiger partial charge is 0.472 e. The van der Waals surface area contributed by atoms with Crippen molar-refractivity contribution in [3.63, 3.8) is 0 Å². The molecule has 0 amide bonds. The molecule has 0 spiro atoms. The molecule has 0 bridgehead atoms. The molecule has 0 saturated carbocycles. The third kappa shape index (κ3) is 69.5. The van der Waals surface area contributed by atoms with Gasteiger partial charge in [-0.25, -0.2) is 9.13 Å². The number of esters is 4. The molecule has 19 heteroatoms. The molecule has 0 aromatic carbocycles. The maximum absolute atomic E-state index is 13.1. The lowest BCUT2D eigenvalue weighted by Crippen LogP contribution is -2.30. The molecule has 7 atom stereocenters. The van der Waals surface area contributed by atoms with E-state index in [2.05, 4.69) is 55.4 Å². The Bertz CT molecular complexity index is 1910. The van der Waals surface area contributed by atoms with Gasteiger partial charge in [-0.2, -0.15) is 0 Å². The molecule has 0 aliphatic carbocycles. The summed E-state index contributed by atoms with van der Waals surface area (Å²) in [5.41, 5.74) is 0. The van der Waals surface area contributed by atoms with Crippen molar-refractivity contribution < 1.29 is 80.2 Å². The van der Waals surface area contributed by atoms with E-state index in [1.54, 1.807) is 0 Å². The van der Waals surface area contributed by atoms with Crippen LogP contribution in [0.3, 0.4) is 0 Å². The van der Waals surface area contributed by atoms with E-state index in [1.165, 1.54) is 193 Å². The van der Waals surface area contributed by atoms with Gasteiger partial charge >= 0.3 is 39.5 Å². The Kier molecular flexibility index (Phi) is 65.9. The first-order chi connectivity index (χ1) is 46.7. The zero-order chi connectivity index (χ0) is 71.7. The highest BCUT2D eigenvalue weighted by atomic mass is 31.2. The van der Waals surface area contributed by atoms with Gasteiger partial charge in [-0.15, -0.1) is 0 Å². The summed E-state index contributed by atoms with van der Waals surface area (Å²) in [4.78, 5) is 72.8. The van der Waals surface area contributed by atoms with Gasteiger partial charge < -0.3 is 33.8 Å². The first-order valence-corrected chi connectivity index (χ1v) is 43.3. The summed E-state index contributed by atoms with van der Waals surface area (Å²) in [5.74, 6) is 0.982. The third-order valence-electron chi connectivity index (χ3n) is 18.8. The van der Waals surface area contributed by atoms with Crippen LogP contribution in [0.1, 0.15) is 396 Å². The molecule has 97 heavy (non-hydrogen) atoms. The van der Waals surface area contributed by atoms with Gasteiger partial charge in [-0.1, -0.05) is 344 Å². The van der Waals surface area contributed by atoms with Crippen molar-refractivity contribution in [2.75, 3.05) is 39.6 Å². The zero-order valence-electron chi connectivity index (χ0n) is 63.7. The second-order valence-corrected chi connectivity index (χ2v) is 32.4. The van der Waals surface area contributed by atoms with Crippen molar-refractivity contribution in [2.24, 2.45) is 23.7 Å². The molecule has 0 aliphatic heterocycles. The molecular formula is C78H152O17P2. The van der Waals surface area contributed by atoms with Crippen LogP contribution in [0.2, 0.25) is 0 Å². The summed E-state index contributed by atoms with van der Waals surface area (Å²) >= 11 is 0. The maximum Gasteiger partial charge on any atom is 0.472 e. The summed E-state index contributed by atoms with van der Waals surface area (Å²) in [6.07, 6.45) is 52.8. The number of hydrogen-bond donors (Lipinski definition) is 3. The normalized spacial score (nSPS) is 14.6. The molecule has 0 heterocycles. The van der Waals surface area contributed by atoms with Crippen LogP contribution in [0.5, 0.6) is 0 Å². The van der Waals surface area contributed by atoms with E-state index in [4.69, 9.17) is 37.0 Å². The van der Waals surface area contributed by atoms with Gasteiger partial charge in [0.15, 0.2) is 12.2 Å². The second-order valence-electron chi connectivity index (χ2n) is 29.5. The number of phosphoric acid groups is 2. The Labute approximate surface area is 594 Å². The molecule has 3 N–H and O–H groups in total. The molecule has 0 radical (unpaired) electrons. The Hall–Kier alpha value is -1.94. The summed E-state index contributed by atoms with van der Waals surface area (Å²) < 4.78 is 68.5. The second kappa shape index (κ2) is 67.2. The van der Waals surface area contributed by atoms with E-state index >= 15 is 0 Å². The number of phosphoric ester groups is 2. The van der Waals surface area contributed by atoms with Crippen LogP contribution in [0, 0.1) is 23.7 Å². The lowest BCUT2D eigenvalue weighted by atomic mass is 9.99. The lowest BCUT2D eigenvalue weighted by molar-refractivity contribution is -0.161. The van der Waals surface area contributed by atoms with Crippen molar-refractivity contribution in [2.45, 2.75) is 414 Å². The van der Waals surface area contributed by atoms with Crippen molar-refractivity contribution in [1.82, 2.24) is 0 Å². The van der Waals surface area contributed by atoms with Crippen LogP contribution in [-0.2, 0) is 65.4 Å². The number of carbonyl (C=O) groups excluding carboxylic acids is 4. The van der Waals surface area contributed by atoms with E-state index in [1.807, 2.05) is 0 Å². The molecule has 0 aliphatic rings. The van der Waals surface area contributed by atoms with E-state index < -0.39 is 97.5 Å². The van der Waals surface area contributed by atoms with E-state index in [0.29, 0.717) is 31.6 Å². The van der Waals surface area contributed by atoms with E-state index in [-0.39, 0.29) is 25.7 Å². The minimum Gasteiger partial charge on any atom is -0.462 e. The molecule has 0 aromatic heterocycles. The zero-order valence-corrected chi connectivity index (χ0v) is 65.5. The van der Waals surface area contributed by atoms with Crippen LogP contribution < -0.4 is 0 Å². The minimum atomic E-state index is -4.96. The van der Waals surface area contributed by atoms with E-state index in [0.717, 1.165) is 114 Å². The van der Waals surface area contributed by atoms with Crippen LogP contribution in [0.4, 0.5) is 0 Å². The van der Waals surface area contributed by atoms with Gasteiger partial charge in [-0.3, -0.25) is 37.3 Å². The van der Waals surface area contributed by atoms with Crippen LogP contribution in [0.15, 0.2) is 0 Å². The predicted molar refractivity (Wildman–Crippen MR) is 395 cm³/mol. The highest BCUT2D eigenvalue weighted by Crippen LogP contribution is 2.45. The number of ether oxygens (including phenoxy) is 4. The van der Waals surface area contributed by atoms with Gasteiger partial charge in [0, 0.05) is 25.7 Å². The summed E-state index contributed by atoms with van der Waals surface area (Å²) in [7, 11) is -9.92. The fourth-order valence-electron chi connectivity index (χ4n) is 11.8. The number of unbranched alkanes of at least 4 members (excludes halogenated alkanes) is 39. The average Bonchev–Trinajstić information content (AvgIpc) is 1.15. The predicted octanol–water partition coefficient (Wildman–Crippen LogP) is 22.8. The number of aliphatic hydroxyl groups excluding tert-OH is 1. The fraction of sp³-hybridized carbons (Fsp3) is 0.949. The third-order valence-corrected chi connectivity index (χ3v) is 20.7. The first kappa shape index (κ1) is 95.1. The molecule has 0 aromatic rings. The van der Waals surface area contributed by atoms with Crippen molar-refractivity contribution >= 4 is 39.5 Å². The Morgan fingerprint density at radius 3 is 0.732 bits per heavy atom. The smallest absolute Gasteiger partial charge is 0.462 e. The molecule has 0 rings (SSSR count). The fourth-order valence-corrected chi connectivity index (χ4v) is 13.4. The highest BCUT2D eigenvalue weighted by Gasteiger charge is 2.30. The summed E-state index contributed by atoms with van der Waals surface area (Å²) in [6, 6.07) is 0. The summed E-state index contributed by atoms with van der Waals surface area (Å²) in [5, 5.41) is 10.6. The molecule has 17 nitrogen and oxygen atoms in total. The highest BCUT2D eigenvalue weighted by molar-refractivity contribution is 7.47. The summed E-state index contributed by atoms with van der Waals surface area (Å²) in [6.45, 7) is 14.2. The van der Waals surface area contributed by atoms with Crippen LogP contribution >= 0.6 is 15.6 Å². The maximum atomic E-state index is 13.1. The van der Waals surface area contributed by atoms with Gasteiger partial charge in [0.1, 0.15) is 19.3 Å². The average molecular weight is 1420 g/mol. The minimum absolute atomic E-state index is 0.104. The van der Waals surface area contributed by atoms with Crippen molar-refractivity contribution in [1.29, 1.82) is 0 Å². The van der Waals surface area contributed by atoms with Gasteiger partial charge in [0.2, 0.25) is 0 Å². The monoisotopic (exact) mass is 1420 g/mol. The van der Waals surface area contributed by atoms with Crippen molar-refractivity contribution in [3.8, 4) is 0 Å². The van der Waals surface area contributed by atoms with Crippen LogP contribution in [-0.4, -0.2) is 96.7 Å². The Morgan fingerprint density at radius 2 is 0.495 bits per heavy atom. The number of carbonyl (C=O) groups is 4. The number of hydrogen-bond acceptors (Lipinski definition) is 15. The van der Waals surface area contributed by atoms with Crippen molar-refractivity contribution in [3.05, 3.63) is 0 Å². The van der Waals surface area contributed by atoms with Gasteiger partial charge in [0.25, 0.3) is 0 Å². The Morgan fingerprint density at radius 1 is 0.289 bits per heavy atom. The standard InChI is InChI=1S/C78H152O17P2/c1-9-70(7)56-48-40-32-24-19-17-15-13-11-12-14-16-18-20-26-35-44-52-60-77(82)94-74(65-89-76(81)59-51-43-37-29-31-39-47-55-69(5)6)67-93-97(86,87)91-63-72(79)62-90-96(84,85)92-66-73(95-78(83)61-53-45-36-28-27-33-41-49-57-71(8)10-2)64-88-75(80)58-50-42-34-25-22-21-23-30-38-46-54-68(3)4/h68-74,79H,9-67H2,1-8H3,(H,84,85)(H,86,87)/t70?,71?,72?,73-,74-/m1/s1. The van der Waals surface area contributed by atoms with E-state index in [9.17, 15) is 43.2 Å². The quantitative estimate of drug-likeness (QED) is 0.0222. The molecule has 576 valence electrons. The van der Waals surface area contributed by atoms with Crippen LogP contribution in [0.25, 0.3) is 0 Å². The Balaban J connectivity index is 5.18. The SMILES string of the molecule is CCC(C)CCCCCCCCCCCCCCCCCCCCC(=O)O[C@H](COC(=O)CCCCCCCCCC(C)C)COP(=O)(O)OCC(O)COP(=O)(O)OC[C@@H](COC(=O)CCCCCCCCCCCCC(C)C)OC(=O)CCCCCCCCCCC(C)CC. The molecule has 5 unspecified atom stereocenters. The topological polar surface area (TPSA) is 237 Å². The molecule has 0 fully saturated rings. The first-order valence-electron chi connectivity index (χ1n) is 40.3. The lowest BCUT2D eigenvalue weighted by Gasteiger charge is -2.21. The van der Waals surface area contributed by atoms with Gasteiger partial charge in [0.05, 0.1) is 26.4 Å². The molecular weight excluding hydrogens is 1270 g/mol. The van der Waals surface area contributed by atoms with Gasteiger partial charge in [-0.05, 0) is 49.4 Å². The number of aliphatic hydroxyl groups is 1. The number of rotatable bonds is 75. The molecule has 0 saturated heterocycles.